The van der Waals surface area contributed by atoms with Gasteiger partial charge in [-0.25, -0.2) is 4.98 Å². The number of anilines is 2. The summed E-state index contributed by atoms with van der Waals surface area (Å²) >= 11 is 3.03. The SMILES string of the molecule is CC(Cc1cccs1)NC(=O)c1sc(NC2CC2)nc1N. The summed E-state index contributed by atoms with van der Waals surface area (Å²) < 4.78 is 0. The number of nitrogens with two attached hydrogens (primary N) is 1. The Morgan fingerprint density at radius 1 is 1.57 bits per heavy atom. The van der Waals surface area contributed by atoms with Gasteiger partial charge < -0.3 is 16.4 Å². The van der Waals surface area contributed by atoms with Crippen molar-refractivity contribution in [3.8, 4) is 0 Å². The van der Waals surface area contributed by atoms with E-state index in [4.69, 9.17) is 5.73 Å². The van der Waals surface area contributed by atoms with Gasteiger partial charge in [0.2, 0.25) is 0 Å². The van der Waals surface area contributed by atoms with Crippen LogP contribution in [0.2, 0.25) is 0 Å². The highest BCUT2D eigenvalue weighted by molar-refractivity contribution is 7.18. The van der Waals surface area contributed by atoms with Crippen molar-refractivity contribution in [1.29, 1.82) is 0 Å². The van der Waals surface area contributed by atoms with Gasteiger partial charge in [-0.05, 0) is 31.2 Å². The number of nitrogens with one attached hydrogen (secondary N) is 2. The summed E-state index contributed by atoms with van der Waals surface area (Å²) in [4.78, 5) is 18.3. The molecule has 0 bridgehead atoms. The van der Waals surface area contributed by atoms with Gasteiger partial charge in [-0.1, -0.05) is 17.4 Å². The maximum atomic E-state index is 12.3. The van der Waals surface area contributed by atoms with Gasteiger partial charge in [-0.3, -0.25) is 4.79 Å². The van der Waals surface area contributed by atoms with E-state index in [-0.39, 0.29) is 11.9 Å². The molecule has 1 aliphatic rings. The quantitative estimate of drug-likeness (QED) is 0.764. The van der Waals surface area contributed by atoms with Crippen molar-refractivity contribution in [1.82, 2.24) is 10.3 Å². The van der Waals surface area contributed by atoms with Gasteiger partial charge in [0.15, 0.2) is 5.13 Å². The predicted octanol–water partition coefficient (Wildman–Crippen LogP) is 2.72. The molecule has 2 heterocycles. The summed E-state index contributed by atoms with van der Waals surface area (Å²) in [6, 6.07) is 4.67. The minimum atomic E-state index is -0.141. The molecule has 1 unspecified atom stereocenters. The fourth-order valence-corrected chi connectivity index (χ4v) is 3.73. The first-order valence-electron chi connectivity index (χ1n) is 6.98. The molecule has 0 radical (unpaired) electrons. The zero-order valence-corrected chi connectivity index (χ0v) is 13.4. The number of hydrogen-bond donors (Lipinski definition) is 3. The van der Waals surface area contributed by atoms with Crippen LogP contribution in [0.5, 0.6) is 0 Å². The average molecular weight is 322 g/mol. The standard InChI is InChI=1S/C14H18N4OS2/c1-8(7-10-3-2-6-20-10)16-13(19)11-12(15)18-14(21-11)17-9-4-5-9/h2-3,6,8-9H,4-5,7,15H2,1H3,(H,16,19)(H,17,18). The van der Waals surface area contributed by atoms with E-state index in [9.17, 15) is 4.79 Å². The van der Waals surface area contributed by atoms with Gasteiger partial charge in [0, 0.05) is 23.4 Å². The van der Waals surface area contributed by atoms with Crippen molar-refractivity contribution >= 4 is 39.5 Å². The van der Waals surface area contributed by atoms with E-state index in [1.165, 1.54) is 29.1 Å². The van der Waals surface area contributed by atoms with Crippen LogP contribution >= 0.6 is 22.7 Å². The topological polar surface area (TPSA) is 80.0 Å². The fraction of sp³-hybridized carbons (Fsp3) is 0.429. The van der Waals surface area contributed by atoms with Crippen LogP contribution in [0.25, 0.3) is 0 Å². The van der Waals surface area contributed by atoms with Gasteiger partial charge in [-0.15, -0.1) is 11.3 Å². The molecule has 21 heavy (non-hydrogen) atoms. The molecule has 1 aliphatic carbocycles. The first-order valence-corrected chi connectivity index (χ1v) is 8.67. The number of hydrogen-bond acceptors (Lipinski definition) is 6. The summed E-state index contributed by atoms with van der Waals surface area (Å²) in [6.07, 6.45) is 3.16. The second-order valence-corrected chi connectivity index (χ2v) is 7.34. The first kappa shape index (κ1) is 14.3. The molecule has 2 aromatic rings. The largest absolute Gasteiger partial charge is 0.382 e. The molecule has 4 N–H and O–H groups in total. The second-order valence-electron chi connectivity index (χ2n) is 5.31. The third-order valence-electron chi connectivity index (χ3n) is 3.23. The zero-order chi connectivity index (χ0) is 14.8. The van der Waals surface area contributed by atoms with Crippen LogP contribution in [-0.2, 0) is 6.42 Å². The van der Waals surface area contributed by atoms with E-state index >= 15 is 0 Å². The lowest BCUT2D eigenvalue weighted by atomic mass is 10.2. The van der Waals surface area contributed by atoms with Crippen LogP contribution in [0.15, 0.2) is 17.5 Å². The third-order valence-corrected chi connectivity index (χ3v) is 5.13. The van der Waals surface area contributed by atoms with E-state index in [0.717, 1.165) is 11.6 Å². The molecule has 1 fully saturated rings. The van der Waals surface area contributed by atoms with Crippen molar-refractivity contribution in [2.24, 2.45) is 0 Å². The molecule has 1 saturated carbocycles. The smallest absolute Gasteiger partial charge is 0.265 e. The summed E-state index contributed by atoms with van der Waals surface area (Å²) in [5, 5.41) is 9.04. The summed E-state index contributed by atoms with van der Waals surface area (Å²) in [5.74, 6) is 0.168. The molecule has 0 saturated heterocycles. The highest BCUT2D eigenvalue weighted by atomic mass is 32.1. The molecular formula is C14H18N4OS2. The third kappa shape index (κ3) is 3.74. The van der Waals surface area contributed by atoms with E-state index in [2.05, 4.69) is 21.7 Å². The maximum Gasteiger partial charge on any atom is 0.265 e. The van der Waals surface area contributed by atoms with E-state index < -0.39 is 0 Å². The van der Waals surface area contributed by atoms with Gasteiger partial charge >= 0.3 is 0 Å². The van der Waals surface area contributed by atoms with E-state index in [1.807, 2.05) is 18.4 Å². The van der Waals surface area contributed by atoms with Crippen LogP contribution in [0.4, 0.5) is 10.9 Å². The van der Waals surface area contributed by atoms with Crippen molar-refractivity contribution in [2.45, 2.75) is 38.3 Å². The average Bonchev–Trinajstić information content (AvgIpc) is 2.94. The molecule has 3 rings (SSSR count). The molecule has 112 valence electrons. The minimum absolute atomic E-state index is 0.0671. The maximum absolute atomic E-state index is 12.3. The lowest BCUT2D eigenvalue weighted by Gasteiger charge is -2.12. The van der Waals surface area contributed by atoms with Gasteiger partial charge in [-0.2, -0.15) is 0 Å². The van der Waals surface area contributed by atoms with Crippen molar-refractivity contribution < 1.29 is 4.79 Å². The molecule has 0 spiro atoms. The Hall–Kier alpha value is -1.60. The van der Waals surface area contributed by atoms with Crippen LogP contribution in [0.1, 0.15) is 34.3 Å². The minimum Gasteiger partial charge on any atom is -0.382 e. The number of rotatable bonds is 6. The highest BCUT2D eigenvalue weighted by Gasteiger charge is 2.24. The lowest BCUT2D eigenvalue weighted by molar-refractivity contribution is 0.0945. The van der Waals surface area contributed by atoms with Gasteiger partial charge in [0.25, 0.3) is 5.91 Å². The molecule has 0 aromatic carbocycles. The highest BCUT2D eigenvalue weighted by Crippen LogP contribution is 2.30. The van der Waals surface area contributed by atoms with Crippen molar-refractivity contribution in [3.63, 3.8) is 0 Å². The number of aromatic nitrogens is 1. The first-order chi connectivity index (χ1) is 10.1. The Balaban J connectivity index is 1.60. The lowest BCUT2D eigenvalue weighted by Crippen LogP contribution is -2.33. The number of nitrogens with zero attached hydrogens (tertiary/aromatic N) is 1. The Labute approximate surface area is 131 Å². The molecule has 5 nitrogen and oxygen atoms in total. The Kier molecular flexibility index (Phi) is 4.12. The van der Waals surface area contributed by atoms with E-state index in [0.29, 0.717) is 16.7 Å². The van der Waals surface area contributed by atoms with E-state index in [1.54, 1.807) is 11.3 Å². The summed E-state index contributed by atoms with van der Waals surface area (Å²) in [6.45, 7) is 2.00. The van der Waals surface area contributed by atoms with Crippen LogP contribution < -0.4 is 16.4 Å². The number of thiazole rings is 1. The van der Waals surface area contributed by atoms with Gasteiger partial charge in [0.05, 0.1) is 0 Å². The molecule has 1 amide bonds. The number of amides is 1. The van der Waals surface area contributed by atoms with Crippen molar-refractivity contribution in [3.05, 3.63) is 27.3 Å². The fourth-order valence-electron chi connectivity index (χ4n) is 2.03. The summed E-state index contributed by atoms with van der Waals surface area (Å²) in [5.41, 5.74) is 5.85. The molecule has 0 aliphatic heterocycles. The Morgan fingerprint density at radius 3 is 3.05 bits per heavy atom. The Bertz CT molecular complexity index is 619. The molecule has 1 atom stereocenters. The Morgan fingerprint density at radius 2 is 2.38 bits per heavy atom. The van der Waals surface area contributed by atoms with Crippen LogP contribution in [0.3, 0.4) is 0 Å². The van der Waals surface area contributed by atoms with Crippen LogP contribution in [-0.4, -0.2) is 23.0 Å². The summed E-state index contributed by atoms with van der Waals surface area (Å²) in [7, 11) is 0. The molecular weight excluding hydrogens is 304 g/mol. The number of thiophene rings is 1. The molecule has 7 heteroatoms. The number of nitrogen functional groups attached to an aromatic ring is 1. The normalized spacial score (nSPS) is 15.7. The van der Waals surface area contributed by atoms with Gasteiger partial charge in [0.1, 0.15) is 10.7 Å². The monoisotopic (exact) mass is 322 g/mol. The van der Waals surface area contributed by atoms with Crippen LogP contribution in [0, 0.1) is 0 Å². The molecule has 2 aromatic heterocycles. The number of carbonyl (C=O) groups is 1. The second kappa shape index (κ2) is 6.03. The predicted molar refractivity (Wildman–Crippen MR) is 88.1 cm³/mol. The van der Waals surface area contributed by atoms with Crippen molar-refractivity contribution in [2.75, 3.05) is 11.1 Å². The zero-order valence-electron chi connectivity index (χ0n) is 11.8. The number of carbonyl (C=O) groups excluding carboxylic acids is 1.